The summed E-state index contributed by atoms with van der Waals surface area (Å²) in [4.78, 5) is 20.6. The first-order chi connectivity index (χ1) is 19.4. The molecule has 3 heterocycles. The van der Waals surface area contributed by atoms with E-state index in [0.717, 1.165) is 30.0 Å². The van der Waals surface area contributed by atoms with E-state index in [4.69, 9.17) is 0 Å². The van der Waals surface area contributed by atoms with Crippen molar-refractivity contribution in [3.8, 4) is 28.6 Å². The predicted octanol–water partition coefficient (Wildman–Crippen LogP) is 5.28. The second kappa shape index (κ2) is 11.0. The average molecular weight is 566 g/mol. The molecular formula is C30H27F4N5O2. The van der Waals surface area contributed by atoms with Gasteiger partial charge in [-0.05, 0) is 80.4 Å². The number of benzene rings is 2. The average Bonchev–Trinajstić information content (AvgIpc) is 3.39. The Balaban J connectivity index is 1.78. The van der Waals surface area contributed by atoms with E-state index < -0.39 is 28.9 Å². The number of aromatic nitrogens is 2. The van der Waals surface area contributed by atoms with Crippen molar-refractivity contribution >= 4 is 10.9 Å². The molecule has 2 aromatic carbocycles. The van der Waals surface area contributed by atoms with Gasteiger partial charge in [-0.1, -0.05) is 6.07 Å². The molecule has 0 bridgehead atoms. The molecule has 2 N–H and O–H groups in total. The molecule has 1 aliphatic heterocycles. The van der Waals surface area contributed by atoms with Crippen LogP contribution in [0.2, 0.25) is 0 Å². The van der Waals surface area contributed by atoms with Gasteiger partial charge < -0.3 is 15.3 Å². The fourth-order valence-electron chi connectivity index (χ4n) is 5.48. The van der Waals surface area contributed by atoms with Gasteiger partial charge in [0.05, 0.1) is 22.2 Å². The van der Waals surface area contributed by atoms with E-state index in [1.165, 1.54) is 24.4 Å². The maximum absolute atomic E-state index is 14.5. The van der Waals surface area contributed by atoms with Crippen molar-refractivity contribution in [3.63, 3.8) is 0 Å². The highest BCUT2D eigenvalue weighted by atomic mass is 19.4. The lowest BCUT2D eigenvalue weighted by Crippen LogP contribution is -2.35. The summed E-state index contributed by atoms with van der Waals surface area (Å²) in [5.74, 6) is -1.18. The van der Waals surface area contributed by atoms with Gasteiger partial charge in [0, 0.05) is 37.0 Å². The van der Waals surface area contributed by atoms with E-state index in [1.807, 2.05) is 18.0 Å². The molecular weight excluding hydrogens is 538 g/mol. The van der Waals surface area contributed by atoms with E-state index in [9.17, 15) is 32.7 Å². The third-order valence-electron chi connectivity index (χ3n) is 7.23. The molecule has 1 atom stereocenters. The van der Waals surface area contributed by atoms with Crippen molar-refractivity contribution in [2.24, 2.45) is 0 Å². The zero-order valence-corrected chi connectivity index (χ0v) is 22.4. The Labute approximate surface area is 233 Å². The Bertz CT molecular complexity index is 1720. The summed E-state index contributed by atoms with van der Waals surface area (Å²) in [7, 11) is 1.89. The molecule has 0 radical (unpaired) electrons. The number of fused-ring (bicyclic) bond motifs is 1. The van der Waals surface area contributed by atoms with Crippen molar-refractivity contribution in [1.82, 2.24) is 19.8 Å². The van der Waals surface area contributed by atoms with Gasteiger partial charge in [0.25, 0.3) is 5.56 Å². The highest BCUT2D eigenvalue weighted by molar-refractivity contribution is 5.89. The Kier molecular flexibility index (Phi) is 7.55. The van der Waals surface area contributed by atoms with Gasteiger partial charge in [-0.2, -0.15) is 18.4 Å². The minimum atomic E-state index is -4.80. The van der Waals surface area contributed by atoms with E-state index in [1.54, 1.807) is 13.0 Å². The quantitative estimate of drug-likeness (QED) is 0.309. The van der Waals surface area contributed by atoms with Gasteiger partial charge in [0.1, 0.15) is 23.3 Å². The number of nitriles is 1. The fourth-order valence-corrected chi connectivity index (χ4v) is 5.48. The van der Waals surface area contributed by atoms with Gasteiger partial charge >= 0.3 is 6.18 Å². The Morgan fingerprint density at radius 3 is 2.63 bits per heavy atom. The van der Waals surface area contributed by atoms with Gasteiger partial charge in [-0.25, -0.2) is 4.39 Å². The summed E-state index contributed by atoms with van der Waals surface area (Å²) in [5.41, 5.74) is -0.195. The number of alkyl halides is 3. The van der Waals surface area contributed by atoms with E-state index >= 15 is 0 Å². The van der Waals surface area contributed by atoms with Crippen molar-refractivity contribution in [2.75, 3.05) is 20.1 Å². The fraction of sp³-hybridized carbons (Fsp3) is 0.300. The molecule has 212 valence electrons. The van der Waals surface area contributed by atoms with Gasteiger partial charge in [0.2, 0.25) is 0 Å². The summed E-state index contributed by atoms with van der Waals surface area (Å²) in [6.45, 7) is 3.56. The predicted molar refractivity (Wildman–Crippen MR) is 146 cm³/mol. The van der Waals surface area contributed by atoms with Crippen molar-refractivity contribution in [2.45, 2.75) is 38.5 Å². The van der Waals surface area contributed by atoms with Crippen LogP contribution in [0.4, 0.5) is 17.6 Å². The molecule has 11 heteroatoms. The lowest BCUT2D eigenvalue weighted by atomic mass is 9.96. The van der Waals surface area contributed by atoms with Crippen LogP contribution in [-0.4, -0.2) is 45.7 Å². The third-order valence-corrected chi connectivity index (χ3v) is 7.23. The van der Waals surface area contributed by atoms with Crippen LogP contribution >= 0.6 is 0 Å². The number of aryl methyl sites for hydroxylation is 1. The van der Waals surface area contributed by atoms with Crippen LogP contribution in [-0.2, 0) is 12.7 Å². The SMILES string of the molecule is Cc1cc(F)cc(-c2cnc3cc(C#N)n(-c4cc(O)cc(C(F)(F)F)c4)c(=O)c3c2CN(C)C[C@@H]2CCCN2)c1. The standard InChI is InChI=1S/C30H27F4N5O2/c1-17-6-18(8-20(31)7-17)25-14-37-27-12-23(13-35)39(22-9-19(30(32,33)34)10-24(40)11-22)29(41)28(27)26(25)16-38(2)15-21-4-3-5-36-21/h6-12,14,21,36,40H,3-5,15-16H2,1-2H3/t21-/m0/s1. The molecule has 41 heavy (non-hydrogen) atoms. The third kappa shape index (κ3) is 5.80. The number of nitrogens with zero attached hydrogens (tertiary/aromatic N) is 4. The zero-order chi connectivity index (χ0) is 29.5. The Morgan fingerprint density at radius 2 is 1.98 bits per heavy atom. The van der Waals surface area contributed by atoms with Crippen LogP contribution in [0.1, 0.15) is 35.2 Å². The zero-order valence-electron chi connectivity index (χ0n) is 22.4. The summed E-state index contributed by atoms with van der Waals surface area (Å²) >= 11 is 0. The monoisotopic (exact) mass is 565 g/mol. The van der Waals surface area contributed by atoms with E-state index in [0.29, 0.717) is 40.9 Å². The largest absolute Gasteiger partial charge is 0.508 e. The number of pyridine rings is 2. The minimum absolute atomic E-state index is 0.0894. The van der Waals surface area contributed by atoms with Crippen LogP contribution in [0.5, 0.6) is 5.75 Å². The van der Waals surface area contributed by atoms with Crippen LogP contribution in [0.15, 0.2) is 53.5 Å². The van der Waals surface area contributed by atoms with Crippen LogP contribution in [0.3, 0.4) is 0 Å². The molecule has 0 unspecified atom stereocenters. The van der Waals surface area contributed by atoms with Crippen LogP contribution in [0, 0.1) is 24.1 Å². The topological polar surface area (TPSA) is 94.2 Å². The number of aromatic hydroxyl groups is 1. The summed E-state index contributed by atoms with van der Waals surface area (Å²) in [6.07, 6.45) is -1.23. The molecule has 1 saturated heterocycles. The Hall–Kier alpha value is -4.27. The van der Waals surface area contributed by atoms with E-state index in [-0.39, 0.29) is 34.9 Å². The van der Waals surface area contributed by atoms with Gasteiger partial charge in [-0.3, -0.25) is 14.3 Å². The molecule has 1 fully saturated rings. The van der Waals surface area contributed by atoms with Crippen molar-refractivity contribution in [3.05, 3.63) is 87.2 Å². The van der Waals surface area contributed by atoms with Gasteiger partial charge in [-0.15, -0.1) is 0 Å². The molecule has 0 saturated carbocycles. The number of hydrogen-bond acceptors (Lipinski definition) is 6. The Morgan fingerprint density at radius 1 is 1.20 bits per heavy atom. The lowest BCUT2D eigenvalue weighted by molar-refractivity contribution is -0.137. The number of nitrogens with one attached hydrogen (secondary N) is 1. The number of phenolic OH excluding ortho intramolecular Hbond substituents is 1. The highest BCUT2D eigenvalue weighted by Gasteiger charge is 2.32. The molecule has 0 spiro atoms. The second-order valence-electron chi connectivity index (χ2n) is 10.4. The minimum Gasteiger partial charge on any atom is -0.508 e. The van der Waals surface area contributed by atoms with Crippen LogP contribution in [0.25, 0.3) is 27.7 Å². The maximum Gasteiger partial charge on any atom is 0.416 e. The second-order valence-corrected chi connectivity index (χ2v) is 10.4. The lowest BCUT2D eigenvalue weighted by Gasteiger charge is -2.24. The number of hydrogen-bond donors (Lipinski definition) is 2. The summed E-state index contributed by atoms with van der Waals surface area (Å²) < 4.78 is 56.0. The summed E-state index contributed by atoms with van der Waals surface area (Å²) in [6, 6.07) is 10.2. The number of halogens is 4. The smallest absolute Gasteiger partial charge is 0.416 e. The first-order valence-corrected chi connectivity index (χ1v) is 13.0. The molecule has 4 aromatic rings. The molecule has 0 aliphatic carbocycles. The molecule has 0 amide bonds. The van der Waals surface area contributed by atoms with Crippen LogP contribution < -0.4 is 10.9 Å². The number of phenols is 1. The van der Waals surface area contributed by atoms with Crippen molar-refractivity contribution in [1.29, 1.82) is 5.26 Å². The van der Waals surface area contributed by atoms with E-state index in [2.05, 4.69) is 10.3 Å². The van der Waals surface area contributed by atoms with Gasteiger partial charge in [0.15, 0.2) is 0 Å². The highest BCUT2D eigenvalue weighted by Crippen LogP contribution is 2.34. The number of rotatable bonds is 6. The first kappa shape index (κ1) is 28.3. The normalized spacial score (nSPS) is 15.5. The molecule has 5 rings (SSSR count). The van der Waals surface area contributed by atoms with Crippen molar-refractivity contribution < 1.29 is 22.7 Å². The molecule has 1 aliphatic rings. The maximum atomic E-state index is 14.5. The first-order valence-electron chi connectivity index (χ1n) is 13.0. The molecule has 2 aromatic heterocycles. The summed E-state index contributed by atoms with van der Waals surface area (Å²) in [5, 5.41) is 23.5. The number of likely N-dealkylation sites (N-methyl/N-ethyl adjacent to an activating group) is 1. The molecule has 7 nitrogen and oxygen atoms in total.